The van der Waals surface area contributed by atoms with E-state index in [1.165, 1.54) is 4.90 Å². The molecule has 0 radical (unpaired) electrons. The molecule has 0 aromatic rings. The summed E-state index contributed by atoms with van der Waals surface area (Å²) < 4.78 is 28.7. The minimum atomic E-state index is -0.325. The average molecular weight is 587 g/mol. The maximum atomic E-state index is 12.6. The first-order chi connectivity index (χ1) is 19.4. The third kappa shape index (κ3) is 17.9. The van der Waals surface area contributed by atoms with Gasteiger partial charge in [-0.3, -0.25) is 19.3 Å². The molecule has 1 saturated heterocycles. The molecular formula is C31H58N2O8. The first kappa shape index (κ1) is 37.4. The fourth-order valence-electron chi connectivity index (χ4n) is 4.11. The lowest BCUT2D eigenvalue weighted by atomic mass is 9.80. The fraction of sp³-hybridized carbons (Fsp3) is 0.903. The van der Waals surface area contributed by atoms with Crippen LogP contribution in [0.3, 0.4) is 0 Å². The molecule has 0 aromatic carbocycles. The van der Waals surface area contributed by atoms with Crippen molar-refractivity contribution in [3.63, 3.8) is 0 Å². The minimum absolute atomic E-state index is 0.100. The molecule has 1 heterocycles. The first-order valence-corrected chi connectivity index (χ1v) is 15.4. The standard InChI is InChI=1S/C31H58N2O8/c1-24(2)10-15-37-17-18-40-23-26(41-20-19-38-16-11-25(3)4)22-39-14-8-12-32-28(34)9-13-33-29(35)21-27(30(33)36)31(5,6)7/h24-27H,8-23H2,1-7H3,(H,32,34). The summed E-state index contributed by atoms with van der Waals surface area (Å²) in [4.78, 5) is 38.3. The second-order valence-corrected chi connectivity index (χ2v) is 12.7. The molecule has 0 bridgehead atoms. The van der Waals surface area contributed by atoms with E-state index < -0.39 is 0 Å². The molecule has 0 saturated carbocycles. The van der Waals surface area contributed by atoms with Crippen molar-refractivity contribution in [3.8, 4) is 0 Å². The van der Waals surface area contributed by atoms with Crippen LogP contribution in [0.5, 0.6) is 0 Å². The van der Waals surface area contributed by atoms with Crippen molar-refractivity contribution in [2.45, 2.75) is 86.7 Å². The summed E-state index contributed by atoms with van der Waals surface area (Å²) in [6.45, 7) is 19.9. The fourth-order valence-corrected chi connectivity index (χ4v) is 4.11. The van der Waals surface area contributed by atoms with Gasteiger partial charge < -0.3 is 29.0 Å². The lowest BCUT2D eigenvalue weighted by molar-refractivity contribution is -0.140. The molecule has 10 nitrogen and oxygen atoms in total. The smallest absolute Gasteiger partial charge is 0.233 e. The van der Waals surface area contributed by atoms with Gasteiger partial charge >= 0.3 is 0 Å². The van der Waals surface area contributed by atoms with E-state index in [0.29, 0.717) is 71.0 Å². The highest BCUT2D eigenvalue weighted by Crippen LogP contribution is 2.35. The minimum Gasteiger partial charge on any atom is -0.379 e. The van der Waals surface area contributed by atoms with Crippen LogP contribution in [0.2, 0.25) is 0 Å². The number of hydrogen-bond donors (Lipinski definition) is 1. The van der Waals surface area contributed by atoms with Gasteiger partial charge in [0, 0.05) is 45.8 Å². The first-order valence-electron chi connectivity index (χ1n) is 15.4. The number of imide groups is 1. The third-order valence-electron chi connectivity index (χ3n) is 6.88. The average Bonchev–Trinajstić information content (AvgIpc) is 3.18. The summed E-state index contributed by atoms with van der Waals surface area (Å²) in [7, 11) is 0. The molecular weight excluding hydrogens is 528 g/mol. The van der Waals surface area contributed by atoms with Crippen LogP contribution < -0.4 is 5.32 Å². The van der Waals surface area contributed by atoms with Crippen LogP contribution in [-0.2, 0) is 38.1 Å². The van der Waals surface area contributed by atoms with Crippen molar-refractivity contribution in [2.24, 2.45) is 23.2 Å². The number of likely N-dealkylation sites (tertiary alicyclic amines) is 1. The Morgan fingerprint density at radius 2 is 1.41 bits per heavy atom. The number of amides is 3. The summed E-state index contributed by atoms with van der Waals surface area (Å²) in [5, 5.41) is 2.84. The molecule has 0 aliphatic carbocycles. The number of rotatable bonds is 24. The highest BCUT2D eigenvalue weighted by atomic mass is 16.6. The Morgan fingerprint density at radius 3 is 1.98 bits per heavy atom. The zero-order valence-electron chi connectivity index (χ0n) is 26.8. The quantitative estimate of drug-likeness (QED) is 0.134. The van der Waals surface area contributed by atoms with E-state index in [4.69, 9.17) is 23.7 Å². The second-order valence-electron chi connectivity index (χ2n) is 12.7. The summed E-state index contributed by atoms with van der Waals surface area (Å²) in [6.07, 6.45) is 2.79. The molecule has 2 unspecified atom stereocenters. The van der Waals surface area contributed by atoms with Crippen molar-refractivity contribution < 1.29 is 38.1 Å². The molecule has 0 aromatic heterocycles. The molecule has 2 atom stereocenters. The van der Waals surface area contributed by atoms with Crippen molar-refractivity contribution in [2.75, 3.05) is 72.6 Å². The van der Waals surface area contributed by atoms with Crippen LogP contribution in [-0.4, -0.2) is 101 Å². The third-order valence-corrected chi connectivity index (χ3v) is 6.88. The Balaban J connectivity index is 2.25. The van der Waals surface area contributed by atoms with Gasteiger partial charge in [-0.1, -0.05) is 48.5 Å². The van der Waals surface area contributed by atoms with Crippen LogP contribution in [0, 0.1) is 23.2 Å². The molecule has 1 aliphatic heterocycles. The van der Waals surface area contributed by atoms with E-state index in [0.717, 1.165) is 26.1 Å². The molecule has 10 heteroatoms. The predicted molar refractivity (Wildman–Crippen MR) is 158 cm³/mol. The van der Waals surface area contributed by atoms with E-state index in [1.54, 1.807) is 0 Å². The number of nitrogens with zero attached hydrogens (tertiary/aromatic N) is 1. The number of hydrogen-bond acceptors (Lipinski definition) is 8. The van der Waals surface area contributed by atoms with E-state index in [1.807, 2.05) is 20.8 Å². The van der Waals surface area contributed by atoms with Crippen LogP contribution in [0.25, 0.3) is 0 Å². The van der Waals surface area contributed by atoms with Gasteiger partial charge in [-0.25, -0.2) is 0 Å². The Bertz CT molecular complexity index is 738. The Labute approximate surface area is 248 Å². The Hall–Kier alpha value is -1.59. The van der Waals surface area contributed by atoms with Crippen LogP contribution in [0.4, 0.5) is 0 Å². The number of carbonyl (C=O) groups is 3. The summed E-state index contributed by atoms with van der Waals surface area (Å²) >= 11 is 0. The number of nitrogens with one attached hydrogen (secondary N) is 1. The number of ether oxygens (including phenoxy) is 5. The van der Waals surface area contributed by atoms with Gasteiger partial charge in [0.15, 0.2) is 0 Å². The highest BCUT2D eigenvalue weighted by molar-refractivity contribution is 6.04. The summed E-state index contributed by atoms with van der Waals surface area (Å²) in [5.74, 6) is 0.344. The van der Waals surface area contributed by atoms with Gasteiger partial charge in [0.05, 0.1) is 45.6 Å². The van der Waals surface area contributed by atoms with Crippen molar-refractivity contribution in [1.82, 2.24) is 10.2 Å². The molecule has 1 N–H and O–H groups in total. The second kappa shape index (κ2) is 21.2. The van der Waals surface area contributed by atoms with Crippen molar-refractivity contribution in [3.05, 3.63) is 0 Å². The van der Waals surface area contributed by atoms with Gasteiger partial charge in [-0.15, -0.1) is 0 Å². The van der Waals surface area contributed by atoms with Crippen LogP contribution in [0.1, 0.15) is 80.6 Å². The SMILES string of the molecule is CC(C)CCOCCOCC(COCCCNC(=O)CCN1C(=O)CC(C(C)(C)C)C1=O)OCCOCCC(C)C. The molecule has 1 aliphatic rings. The lowest BCUT2D eigenvalue weighted by Crippen LogP contribution is -2.37. The molecule has 1 fully saturated rings. The van der Waals surface area contributed by atoms with Gasteiger partial charge in [-0.05, 0) is 36.5 Å². The Morgan fingerprint density at radius 1 is 0.854 bits per heavy atom. The van der Waals surface area contributed by atoms with Crippen molar-refractivity contribution in [1.29, 1.82) is 0 Å². The van der Waals surface area contributed by atoms with E-state index in [-0.39, 0.29) is 54.5 Å². The Kier molecular flexibility index (Phi) is 19.3. The monoisotopic (exact) mass is 586 g/mol. The maximum Gasteiger partial charge on any atom is 0.233 e. The predicted octanol–water partition coefficient (Wildman–Crippen LogP) is 3.85. The summed E-state index contributed by atoms with van der Waals surface area (Å²) in [6, 6.07) is 0. The maximum absolute atomic E-state index is 12.6. The van der Waals surface area contributed by atoms with Crippen molar-refractivity contribution >= 4 is 17.7 Å². The van der Waals surface area contributed by atoms with Gasteiger partial charge in [0.2, 0.25) is 17.7 Å². The molecule has 240 valence electrons. The lowest BCUT2D eigenvalue weighted by Gasteiger charge is -2.24. The molecule has 1 rings (SSSR count). The topological polar surface area (TPSA) is 113 Å². The van der Waals surface area contributed by atoms with E-state index in [2.05, 4.69) is 33.0 Å². The normalized spacial score (nSPS) is 16.8. The van der Waals surface area contributed by atoms with Gasteiger partial charge in [-0.2, -0.15) is 0 Å². The highest BCUT2D eigenvalue weighted by Gasteiger charge is 2.44. The molecule has 41 heavy (non-hydrogen) atoms. The largest absolute Gasteiger partial charge is 0.379 e. The molecule has 0 spiro atoms. The van der Waals surface area contributed by atoms with Gasteiger partial charge in [0.25, 0.3) is 0 Å². The van der Waals surface area contributed by atoms with E-state index in [9.17, 15) is 14.4 Å². The van der Waals surface area contributed by atoms with Gasteiger partial charge in [0.1, 0.15) is 6.10 Å². The molecule has 3 amide bonds. The zero-order valence-corrected chi connectivity index (χ0v) is 26.8. The van der Waals surface area contributed by atoms with E-state index >= 15 is 0 Å². The van der Waals surface area contributed by atoms with Crippen LogP contribution in [0.15, 0.2) is 0 Å². The van der Waals surface area contributed by atoms with Crippen LogP contribution >= 0.6 is 0 Å². The summed E-state index contributed by atoms with van der Waals surface area (Å²) in [5.41, 5.74) is -0.275. The number of carbonyl (C=O) groups excluding carboxylic acids is 3. The zero-order chi connectivity index (χ0) is 30.7.